The summed E-state index contributed by atoms with van der Waals surface area (Å²) < 4.78 is 5.42. The van der Waals surface area contributed by atoms with Crippen molar-refractivity contribution in [2.45, 2.75) is 38.4 Å². The van der Waals surface area contributed by atoms with Gasteiger partial charge in [0.25, 0.3) is 0 Å². The Balaban J connectivity index is 2.02. The number of hydrogen-bond acceptors (Lipinski definition) is 3. The molecule has 0 saturated carbocycles. The monoisotopic (exact) mass is 173 g/mol. The normalized spacial score (nSPS) is 24.8. The molecule has 0 spiro atoms. The van der Waals surface area contributed by atoms with Crippen LogP contribution in [0.3, 0.4) is 0 Å². The number of rotatable bonds is 4. The molecule has 0 amide bonds. The third-order valence-corrected chi connectivity index (χ3v) is 1.95. The van der Waals surface area contributed by atoms with Gasteiger partial charge in [0, 0.05) is 19.7 Å². The van der Waals surface area contributed by atoms with E-state index in [2.05, 4.69) is 5.32 Å². The molecule has 1 atom stereocenters. The lowest BCUT2D eigenvalue weighted by atomic mass is 10.1. The van der Waals surface area contributed by atoms with Crippen LogP contribution in [0.25, 0.3) is 0 Å². The van der Waals surface area contributed by atoms with E-state index in [0.29, 0.717) is 12.6 Å². The molecule has 1 saturated heterocycles. The molecule has 0 radical (unpaired) electrons. The molecular formula is C9H19NO2. The summed E-state index contributed by atoms with van der Waals surface area (Å²) in [6.45, 7) is 6.00. The average Bonchev–Trinajstić information content (AvgIpc) is 2.36. The molecular weight excluding hydrogens is 154 g/mol. The van der Waals surface area contributed by atoms with Crippen LogP contribution in [0.15, 0.2) is 0 Å². The predicted octanol–water partition coefficient (Wildman–Crippen LogP) is 0.526. The molecule has 0 bridgehead atoms. The van der Waals surface area contributed by atoms with E-state index in [1.54, 1.807) is 13.8 Å². The molecule has 0 aliphatic carbocycles. The van der Waals surface area contributed by atoms with Crippen molar-refractivity contribution in [2.24, 2.45) is 0 Å². The zero-order valence-corrected chi connectivity index (χ0v) is 7.97. The molecule has 1 fully saturated rings. The van der Waals surface area contributed by atoms with Crippen LogP contribution in [0, 0.1) is 0 Å². The Morgan fingerprint density at radius 3 is 2.83 bits per heavy atom. The van der Waals surface area contributed by atoms with Gasteiger partial charge in [-0.25, -0.2) is 0 Å². The Kier molecular flexibility index (Phi) is 3.50. The van der Waals surface area contributed by atoms with E-state index in [1.807, 2.05) is 0 Å². The topological polar surface area (TPSA) is 41.5 Å². The van der Waals surface area contributed by atoms with E-state index in [-0.39, 0.29) is 0 Å². The SMILES string of the molecule is CC(C)(O)CNC[C@H]1CCCO1. The molecule has 0 aromatic rings. The van der Waals surface area contributed by atoms with Gasteiger partial charge in [-0.3, -0.25) is 0 Å². The van der Waals surface area contributed by atoms with Crippen molar-refractivity contribution in [1.29, 1.82) is 0 Å². The minimum absolute atomic E-state index is 0.368. The smallest absolute Gasteiger partial charge is 0.0715 e. The number of nitrogens with one attached hydrogen (secondary N) is 1. The fraction of sp³-hybridized carbons (Fsp3) is 1.00. The molecule has 3 nitrogen and oxygen atoms in total. The van der Waals surface area contributed by atoms with Crippen molar-refractivity contribution in [2.75, 3.05) is 19.7 Å². The summed E-state index contributed by atoms with van der Waals surface area (Å²) in [6, 6.07) is 0. The van der Waals surface area contributed by atoms with Gasteiger partial charge in [-0.1, -0.05) is 0 Å². The summed E-state index contributed by atoms with van der Waals surface area (Å²) in [6.07, 6.45) is 2.70. The predicted molar refractivity (Wildman–Crippen MR) is 48.1 cm³/mol. The third-order valence-electron chi connectivity index (χ3n) is 1.95. The molecule has 0 aromatic carbocycles. The van der Waals surface area contributed by atoms with E-state index in [1.165, 1.54) is 6.42 Å². The molecule has 0 aromatic heterocycles. The number of ether oxygens (including phenoxy) is 1. The van der Waals surface area contributed by atoms with Gasteiger partial charge < -0.3 is 15.2 Å². The standard InChI is InChI=1S/C9H19NO2/c1-9(2,11)7-10-6-8-4-3-5-12-8/h8,10-11H,3-7H2,1-2H3/t8-/m1/s1. The fourth-order valence-electron chi connectivity index (χ4n) is 1.34. The molecule has 1 aliphatic heterocycles. The minimum Gasteiger partial charge on any atom is -0.389 e. The van der Waals surface area contributed by atoms with Gasteiger partial charge in [-0.05, 0) is 26.7 Å². The van der Waals surface area contributed by atoms with Crippen LogP contribution in [-0.4, -0.2) is 36.5 Å². The molecule has 0 unspecified atom stereocenters. The van der Waals surface area contributed by atoms with Crippen LogP contribution in [-0.2, 0) is 4.74 Å². The van der Waals surface area contributed by atoms with Crippen LogP contribution in [0.1, 0.15) is 26.7 Å². The second kappa shape index (κ2) is 4.21. The lowest BCUT2D eigenvalue weighted by Crippen LogP contribution is -2.38. The van der Waals surface area contributed by atoms with Gasteiger partial charge >= 0.3 is 0 Å². The largest absolute Gasteiger partial charge is 0.389 e. The van der Waals surface area contributed by atoms with Gasteiger partial charge in [-0.2, -0.15) is 0 Å². The zero-order valence-electron chi connectivity index (χ0n) is 7.97. The lowest BCUT2D eigenvalue weighted by Gasteiger charge is -2.19. The Morgan fingerprint density at radius 1 is 1.58 bits per heavy atom. The van der Waals surface area contributed by atoms with Gasteiger partial charge in [0.2, 0.25) is 0 Å². The highest BCUT2D eigenvalue weighted by Gasteiger charge is 2.17. The zero-order chi connectivity index (χ0) is 9.03. The first kappa shape index (κ1) is 9.96. The van der Waals surface area contributed by atoms with Crippen molar-refractivity contribution in [1.82, 2.24) is 5.32 Å². The van der Waals surface area contributed by atoms with Gasteiger partial charge in [0.15, 0.2) is 0 Å². The van der Waals surface area contributed by atoms with Crippen molar-refractivity contribution < 1.29 is 9.84 Å². The van der Waals surface area contributed by atoms with Crippen LogP contribution < -0.4 is 5.32 Å². The Bertz CT molecular complexity index is 125. The average molecular weight is 173 g/mol. The van der Waals surface area contributed by atoms with E-state index in [0.717, 1.165) is 19.6 Å². The first-order valence-corrected chi connectivity index (χ1v) is 4.63. The van der Waals surface area contributed by atoms with Crippen molar-refractivity contribution >= 4 is 0 Å². The van der Waals surface area contributed by atoms with Gasteiger partial charge in [0.1, 0.15) is 0 Å². The Morgan fingerprint density at radius 2 is 2.33 bits per heavy atom. The molecule has 72 valence electrons. The van der Waals surface area contributed by atoms with E-state index in [9.17, 15) is 5.11 Å². The second-order valence-electron chi connectivity index (χ2n) is 4.08. The molecule has 3 heteroatoms. The van der Waals surface area contributed by atoms with Crippen LogP contribution >= 0.6 is 0 Å². The first-order chi connectivity index (χ1) is 5.58. The maximum absolute atomic E-state index is 9.39. The summed E-state index contributed by atoms with van der Waals surface area (Å²) in [5.41, 5.74) is -0.612. The van der Waals surface area contributed by atoms with Crippen molar-refractivity contribution in [3.63, 3.8) is 0 Å². The summed E-state index contributed by atoms with van der Waals surface area (Å²) in [7, 11) is 0. The highest BCUT2D eigenvalue weighted by atomic mass is 16.5. The number of aliphatic hydroxyl groups is 1. The van der Waals surface area contributed by atoms with Gasteiger partial charge in [0.05, 0.1) is 11.7 Å². The second-order valence-corrected chi connectivity index (χ2v) is 4.08. The molecule has 2 N–H and O–H groups in total. The summed E-state index contributed by atoms with van der Waals surface area (Å²) in [4.78, 5) is 0. The van der Waals surface area contributed by atoms with E-state index in [4.69, 9.17) is 4.74 Å². The number of hydrogen-bond donors (Lipinski definition) is 2. The van der Waals surface area contributed by atoms with E-state index < -0.39 is 5.60 Å². The minimum atomic E-state index is -0.612. The molecule has 1 heterocycles. The maximum Gasteiger partial charge on any atom is 0.0715 e. The molecule has 1 aliphatic rings. The quantitative estimate of drug-likeness (QED) is 0.651. The highest BCUT2D eigenvalue weighted by Crippen LogP contribution is 2.10. The lowest BCUT2D eigenvalue weighted by molar-refractivity contribution is 0.0681. The van der Waals surface area contributed by atoms with Crippen molar-refractivity contribution in [3.05, 3.63) is 0 Å². The maximum atomic E-state index is 9.39. The van der Waals surface area contributed by atoms with E-state index >= 15 is 0 Å². The summed E-state index contributed by atoms with van der Waals surface area (Å²) in [5.74, 6) is 0. The molecule has 1 rings (SSSR count). The van der Waals surface area contributed by atoms with Crippen LogP contribution in [0.2, 0.25) is 0 Å². The Labute approximate surface area is 74.1 Å². The van der Waals surface area contributed by atoms with Crippen LogP contribution in [0.4, 0.5) is 0 Å². The third kappa shape index (κ3) is 4.04. The van der Waals surface area contributed by atoms with Gasteiger partial charge in [-0.15, -0.1) is 0 Å². The summed E-state index contributed by atoms with van der Waals surface area (Å²) in [5, 5.41) is 12.6. The highest BCUT2D eigenvalue weighted by molar-refractivity contribution is 4.72. The first-order valence-electron chi connectivity index (χ1n) is 4.63. The Hall–Kier alpha value is -0.120. The fourth-order valence-corrected chi connectivity index (χ4v) is 1.34. The molecule has 12 heavy (non-hydrogen) atoms. The van der Waals surface area contributed by atoms with Crippen molar-refractivity contribution in [3.8, 4) is 0 Å². The van der Waals surface area contributed by atoms with Crippen LogP contribution in [0.5, 0.6) is 0 Å². The summed E-state index contributed by atoms with van der Waals surface area (Å²) >= 11 is 0.